The van der Waals surface area contributed by atoms with Gasteiger partial charge in [0.1, 0.15) is 5.69 Å². The maximum absolute atomic E-state index is 11.6. The average Bonchev–Trinajstić information content (AvgIpc) is 2.75. The van der Waals surface area contributed by atoms with Crippen LogP contribution in [0, 0.1) is 0 Å². The Kier molecular flexibility index (Phi) is 2.37. The monoisotopic (exact) mass is 247 g/mol. The lowest BCUT2D eigenvalue weighted by Gasteiger charge is -2.13. The first kappa shape index (κ1) is 10.4. The van der Waals surface area contributed by atoms with Crippen molar-refractivity contribution >= 4 is 17.5 Å². The molecule has 86 valence electrons. The maximum atomic E-state index is 11.6. The number of halogens is 1. The van der Waals surface area contributed by atoms with Crippen molar-refractivity contribution in [2.24, 2.45) is 0 Å². The largest absolute Gasteiger partial charge is 0.349 e. The van der Waals surface area contributed by atoms with Gasteiger partial charge in [0.05, 0.1) is 12.2 Å². The van der Waals surface area contributed by atoms with Crippen molar-refractivity contribution < 1.29 is 4.79 Å². The Bertz CT molecular complexity index is 574. The molecule has 1 aliphatic rings. The van der Waals surface area contributed by atoms with E-state index < -0.39 is 0 Å². The molecule has 0 radical (unpaired) electrons. The lowest BCUT2D eigenvalue weighted by molar-refractivity contribution is 0.0924. The minimum absolute atomic E-state index is 0.0658. The molecule has 0 saturated carbocycles. The molecule has 2 aromatic rings. The Morgan fingerprint density at radius 2 is 2.06 bits per heavy atom. The van der Waals surface area contributed by atoms with E-state index in [1.807, 2.05) is 24.3 Å². The van der Waals surface area contributed by atoms with Crippen molar-refractivity contribution in [3.63, 3.8) is 0 Å². The van der Waals surface area contributed by atoms with Gasteiger partial charge in [-0.15, -0.1) is 0 Å². The van der Waals surface area contributed by atoms with Crippen molar-refractivity contribution in [2.45, 2.75) is 6.54 Å². The highest BCUT2D eigenvalue weighted by Gasteiger charge is 2.19. The van der Waals surface area contributed by atoms with Crippen molar-refractivity contribution in [2.75, 3.05) is 6.54 Å². The van der Waals surface area contributed by atoms with E-state index in [1.165, 1.54) is 0 Å². The number of carbonyl (C=O) groups excluding carboxylic acids is 1. The summed E-state index contributed by atoms with van der Waals surface area (Å²) in [5.74, 6) is -0.0658. The standard InChI is InChI=1S/C12H10ClN3O/c13-9-3-1-8(2-4-9)10-7-11-12(17)14-5-6-16(11)15-10/h1-4,7H,5-6H2,(H,14,17). The van der Waals surface area contributed by atoms with E-state index in [1.54, 1.807) is 10.7 Å². The molecular weight excluding hydrogens is 238 g/mol. The molecule has 1 aromatic carbocycles. The Balaban J connectivity index is 2.05. The number of carbonyl (C=O) groups is 1. The number of fused-ring (bicyclic) bond motifs is 1. The molecular formula is C12H10ClN3O. The molecule has 5 heteroatoms. The van der Waals surface area contributed by atoms with Crippen LogP contribution in [-0.4, -0.2) is 22.2 Å². The summed E-state index contributed by atoms with van der Waals surface area (Å²) in [6, 6.07) is 9.23. The molecule has 17 heavy (non-hydrogen) atoms. The topological polar surface area (TPSA) is 46.9 Å². The zero-order chi connectivity index (χ0) is 11.8. The van der Waals surface area contributed by atoms with Crippen molar-refractivity contribution in [1.29, 1.82) is 0 Å². The molecule has 0 bridgehead atoms. The minimum Gasteiger partial charge on any atom is -0.349 e. The molecule has 1 aromatic heterocycles. The second-order valence-electron chi connectivity index (χ2n) is 3.90. The van der Waals surface area contributed by atoms with Gasteiger partial charge in [-0.25, -0.2) is 0 Å². The molecule has 3 rings (SSSR count). The lowest BCUT2D eigenvalue weighted by atomic mass is 10.1. The summed E-state index contributed by atoms with van der Waals surface area (Å²) in [5, 5.41) is 7.90. The number of rotatable bonds is 1. The zero-order valence-corrected chi connectivity index (χ0v) is 9.74. The highest BCUT2D eigenvalue weighted by atomic mass is 35.5. The summed E-state index contributed by atoms with van der Waals surface area (Å²) < 4.78 is 1.74. The van der Waals surface area contributed by atoms with Gasteiger partial charge in [-0.1, -0.05) is 23.7 Å². The normalized spacial score (nSPS) is 14.3. The van der Waals surface area contributed by atoms with Crippen LogP contribution < -0.4 is 5.32 Å². The van der Waals surface area contributed by atoms with E-state index in [4.69, 9.17) is 11.6 Å². The van der Waals surface area contributed by atoms with E-state index in [9.17, 15) is 4.79 Å². The number of nitrogens with one attached hydrogen (secondary N) is 1. The first-order chi connectivity index (χ1) is 8.24. The second kappa shape index (κ2) is 3.89. The Hall–Kier alpha value is -1.81. The molecule has 0 unspecified atom stereocenters. The number of hydrogen-bond acceptors (Lipinski definition) is 2. The van der Waals surface area contributed by atoms with Crippen LogP contribution in [0.15, 0.2) is 30.3 Å². The summed E-state index contributed by atoms with van der Waals surface area (Å²) in [4.78, 5) is 11.6. The molecule has 1 amide bonds. The quantitative estimate of drug-likeness (QED) is 0.837. The smallest absolute Gasteiger partial charge is 0.269 e. The third-order valence-corrected chi connectivity index (χ3v) is 3.01. The molecule has 0 atom stereocenters. The van der Waals surface area contributed by atoms with E-state index in [0.717, 1.165) is 11.3 Å². The fourth-order valence-corrected chi connectivity index (χ4v) is 2.02. The van der Waals surface area contributed by atoms with Gasteiger partial charge in [0.25, 0.3) is 5.91 Å². The maximum Gasteiger partial charge on any atom is 0.269 e. The van der Waals surface area contributed by atoms with Crippen LogP contribution in [-0.2, 0) is 6.54 Å². The van der Waals surface area contributed by atoms with Crippen LogP contribution >= 0.6 is 11.6 Å². The predicted molar refractivity (Wildman–Crippen MR) is 65.0 cm³/mol. The van der Waals surface area contributed by atoms with E-state index in [-0.39, 0.29) is 5.91 Å². The fraction of sp³-hybridized carbons (Fsp3) is 0.167. The third-order valence-electron chi connectivity index (χ3n) is 2.76. The zero-order valence-electron chi connectivity index (χ0n) is 8.98. The first-order valence-electron chi connectivity index (χ1n) is 5.36. The molecule has 0 aliphatic carbocycles. The second-order valence-corrected chi connectivity index (χ2v) is 4.34. The third kappa shape index (κ3) is 1.80. The van der Waals surface area contributed by atoms with Gasteiger partial charge in [-0.05, 0) is 18.2 Å². The predicted octanol–water partition coefficient (Wildman–Crippen LogP) is 1.95. The number of aromatic nitrogens is 2. The number of benzene rings is 1. The minimum atomic E-state index is -0.0658. The Labute approximate surface area is 103 Å². The van der Waals surface area contributed by atoms with Crippen LogP contribution in [0.5, 0.6) is 0 Å². The van der Waals surface area contributed by atoms with Gasteiger partial charge in [0.2, 0.25) is 0 Å². The van der Waals surface area contributed by atoms with Crippen molar-refractivity contribution in [3.05, 3.63) is 41.0 Å². The highest BCUT2D eigenvalue weighted by Crippen LogP contribution is 2.22. The number of hydrogen-bond donors (Lipinski definition) is 1. The van der Waals surface area contributed by atoms with Gasteiger partial charge in [-0.2, -0.15) is 5.10 Å². The summed E-state index contributed by atoms with van der Waals surface area (Å²) in [5.41, 5.74) is 2.37. The lowest BCUT2D eigenvalue weighted by Crippen LogP contribution is -2.35. The van der Waals surface area contributed by atoms with Gasteiger partial charge < -0.3 is 5.32 Å². The van der Waals surface area contributed by atoms with E-state index >= 15 is 0 Å². The Morgan fingerprint density at radius 3 is 2.76 bits per heavy atom. The Morgan fingerprint density at radius 1 is 1.29 bits per heavy atom. The molecule has 0 spiro atoms. The van der Waals surface area contributed by atoms with Crippen LogP contribution in [0.1, 0.15) is 10.5 Å². The van der Waals surface area contributed by atoms with Crippen molar-refractivity contribution in [1.82, 2.24) is 15.1 Å². The molecule has 1 N–H and O–H groups in total. The van der Waals surface area contributed by atoms with Gasteiger partial charge >= 0.3 is 0 Å². The van der Waals surface area contributed by atoms with Crippen LogP contribution in [0.2, 0.25) is 5.02 Å². The average molecular weight is 248 g/mol. The molecule has 2 heterocycles. The summed E-state index contributed by atoms with van der Waals surface area (Å²) in [6.07, 6.45) is 0. The highest BCUT2D eigenvalue weighted by molar-refractivity contribution is 6.30. The van der Waals surface area contributed by atoms with Gasteiger partial charge in [0.15, 0.2) is 0 Å². The first-order valence-corrected chi connectivity index (χ1v) is 5.74. The van der Waals surface area contributed by atoms with E-state index in [2.05, 4.69) is 10.4 Å². The van der Waals surface area contributed by atoms with Crippen molar-refractivity contribution in [3.8, 4) is 11.3 Å². The molecule has 0 fully saturated rings. The molecule has 4 nitrogen and oxygen atoms in total. The number of nitrogens with zero attached hydrogens (tertiary/aromatic N) is 2. The van der Waals surface area contributed by atoms with Crippen LogP contribution in [0.25, 0.3) is 11.3 Å². The summed E-state index contributed by atoms with van der Waals surface area (Å²) >= 11 is 5.83. The molecule has 1 aliphatic heterocycles. The van der Waals surface area contributed by atoms with E-state index in [0.29, 0.717) is 23.8 Å². The SMILES string of the molecule is O=C1NCCn2nc(-c3ccc(Cl)cc3)cc21. The van der Waals surface area contributed by atoms with Gasteiger partial charge in [-0.3, -0.25) is 9.48 Å². The summed E-state index contributed by atoms with van der Waals surface area (Å²) in [6.45, 7) is 1.35. The number of amides is 1. The van der Waals surface area contributed by atoms with Crippen LogP contribution in [0.3, 0.4) is 0 Å². The molecule has 0 saturated heterocycles. The van der Waals surface area contributed by atoms with Crippen LogP contribution in [0.4, 0.5) is 0 Å². The van der Waals surface area contributed by atoms with Gasteiger partial charge in [0, 0.05) is 17.1 Å². The summed E-state index contributed by atoms with van der Waals surface area (Å²) in [7, 11) is 0. The fourth-order valence-electron chi connectivity index (χ4n) is 1.90.